The van der Waals surface area contributed by atoms with E-state index in [1.807, 2.05) is 6.92 Å². The van der Waals surface area contributed by atoms with Crippen molar-refractivity contribution in [3.05, 3.63) is 12.2 Å². The molecule has 0 heterocycles. The minimum absolute atomic E-state index is 0.695. The van der Waals surface area contributed by atoms with Crippen LogP contribution in [0.4, 0.5) is 0 Å². The molecule has 18 heavy (non-hydrogen) atoms. The van der Waals surface area contributed by atoms with Crippen molar-refractivity contribution in [3.8, 4) is 0 Å². The first-order valence-corrected chi connectivity index (χ1v) is 11.1. The third-order valence-corrected chi connectivity index (χ3v) is 8.67. The van der Waals surface area contributed by atoms with Gasteiger partial charge >= 0.3 is 0 Å². The van der Waals surface area contributed by atoms with Crippen LogP contribution in [0.2, 0.25) is 18.1 Å². The van der Waals surface area contributed by atoms with E-state index < -0.39 is 7.38 Å². The second kappa shape index (κ2) is 11.1. The zero-order valence-corrected chi connectivity index (χ0v) is 14.3. The third-order valence-electron chi connectivity index (χ3n) is 3.22. The van der Waals surface area contributed by atoms with E-state index in [0.717, 1.165) is 18.6 Å². The van der Waals surface area contributed by atoms with Gasteiger partial charge in [-0.2, -0.15) is 11.1 Å². The molecule has 0 radical (unpaired) electrons. The summed E-state index contributed by atoms with van der Waals surface area (Å²) in [4.78, 5) is 0. The summed E-state index contributed by atoms with van der Waals surface area (Å²) in [6.45, 7) is 11.9. The van der Waals surface area contributed by atoms with Crippen molar-refractivity contribution in [1.82, 2.24) is 0 Å². The van der Waals surface area contributed by atoms with Gasteiger partial charge in [0.25, 0.3) is 0 Å². The highest BCUT2D eigenvalue weighted by molar-refractivity contribution is 7.20. The third kappa shape index (κ3) is 10.2. The molecule has 0 aliphatic rings. The lowest BCUT2D eigenvalue weighted by molar-refractivity contribution is 0.157. The lowest BCUT2D eigenvalue weighted by Gasteiger charge is -2.24. The molecule has 0 fully saturated rings. The molecule has 0 amide bonds. The van der Waals surface area contributed by atoms with Gasteiger partial charge in [0.15, 0.2) is 7.38 Å². The van der Waals surface area contributed by atoms with Crippen LogP contribution in [0.1, 0.15) is 52.9 Å². The molecule has 0 aromatic heterocycles. The second-order valence-corrected chi connectivity index (χ2v) is 11.7. The molecule has 0 unspecified atom stereocenters. The summed E-state index contributed by atoms with van der Waals surface area (Å²) in [6.07, 6.45) is 6.24. The van der Waals surface area contributed by atoms with Crippen LogP contribution >= 0.6 is 11.1 Å². The van der Waals surface area contributed by atoms with Crippen LogP contribution in [-0.2, 0) is 4.74 Å². The molecule has 0 aliphatic heterocycles. The fourth-order valence-corrected chi connectivity index (χ4v) is 6.80. The Morgan fingerprint density at radius 3 is 2.00 bits per heavy atom. The summed E-state index contributed by atoms with van der Waals surface area (Å²) in [7, 11) is -1.50. The molecule has 0 bridgehead atoms. The van der Waals surface area contributed by atoms with Gasteiger partial charge in [-0.25, -0.2) is 0 Å². The smallest absolute Gasteiger partial charge is 0.156 e. The van der Waals surface area contributed by atoms with Crippen LogP contribution in [-0.4, -0.2) is 20.6 Å². The molecule has 0 aliphatic carbocycles. The molecule has 0 saturated heterocycles. The quantitative estimate of drug-likeness (QED) is 0.192. The van der Waals surface area contributed by atoms with Gasteiger partial charge in [-0.05, 0) is 31.5 Å². The molecular weight excluding hydrogens is 260 g/mol. The Bertz CT molecular complexity index is 211. The number of unbranched alkanes of at least 4 members (excludes halogenated alkanes) is 2. The second-order valence-electron chi connectivity index (χ2n) is 5.47. The average molecular weight is 291 g/mol. The number of hydrogen-bond donors (Lipinski definition) is 0. The largest absolute Gasteiger partial charge is 0.377 e. The molecule has 0 aromatic rings. The number of ether oxygens (including phenoxy) is 1. The molecule has 108 valence electrons. The highest BCUT2D eigenvalue weighted by Crippen LogP contribution is 2.31. The van der Waals surface area contributed by atoms with Gasteiger partial charge in [0.1, 0.15) is 0 Å². The van der Waals surface area contributed by atoms with Crippen molar-refractivity contribution < 1.29 is 4.74 Å². The van der Waals surface area contributed by atoms with E-state index in [-0.39, 0.29) is 0 Å². The summed E-state index contributed by atoms with van der Waals surface area (Å²) in [6, 6.07) is 3.78. The van der Waals surface area contributed by atoms with Crippen LogP contribution in [0.3, 0.4) is 0 Å². The van der Waals surface area contributed by atoms with Gasteiger partial charge in [0.05, 0.1) is 6.61 Å². The monoisotopic (exact) mass is 290 g/mol. The summed E-state index contributed by atoms with van der Waals surface area (Å²) in [5.74, 6) is 0. The summed E-state index contributed by atoms with van der Waals surface area (Å²) in [5, 5.41) is 0. The molecule has 1 nitrogen and oxygen atoms in total. The molecule has 0 aromatic carbocycles. The molecule has 0 rings (SSSR count). The summed E-state index contributed by atoms with van der Waals surface area (Å²) in [5.41, 5.74) is 1.10. The van der Waals surface area contributed by atoms with E-state index in [4.69, 9.17) is 15.8 Å². The van der Waals surface area contributed by atoms with Crippen LogP contribution in [0, 0.1) is 0 Å². The van der Waals surface area contributed by atoms with Gasteiger partial charge < -0.3 is 4.74 Å². The van der Waals surface area contributed by atoms with E-state index in [1.54, 1.807) is 0 Å². The lowest BCUT2D eigenvalue weighted by atomic mass is 10.4. The Morgan fingerprint density at radius 2 is 1.56 bits per heavy atom. The van der Waals surface area contributed by atoms with E-state index in [1.165, 1.54) is 43.8 Å². The van der Waals surface area contributed by atoms with Crippen LogP contribution in [0.5, 0.6) is 0 Å². The van der Waals surface area contributed by atoms with Crippen LogP contribution in [0.25, 0.3) is 0 Å². The Kier molecular flexibility index (Phi) is 11.2. The fourth-order valence-electron chi connectivity index (χ4n) is 2.10. The standard InChI is InChI=1S/C15H31ClOSi/c1-5-7-11-18(16,12-8-6-2)13-9-10-17-14-15(3)4/h3,5-14H2,1-2,4H3. The molecule has 3 heteroatoms. The van der Waals surface area contributed by atoms with E-state index >= 15 is 0 Å². The topological polar surface area (TPSA) is 9.23 Å². The first-order chi connectivity index (χ1) is 8.54. The lowest BCUT2D eigenvalue weighted by Crippen LogP contribution is -2.27. The minimum Gasteiger partial charge on any atom is -0.377 e. The highest BCUT2D eigenvalue weighted by atomic mass is 35.6. The van der Waals surface area contributed by atoms with E-state index in [9.17, 15) is 0 Å². The van der Waals surface area contributed by atoms with Crippen molar-refractivity contribution in [2.75, 3.05) is 13.2 Å². The predicted molar refractivity (Wildman–Crippen MR) is 86.1 cm³/mol. The SMILES string of the molecule is C=C(C)COCCC[Si](Cl)(CCCC)CCCC. The average Bonchev–Trinajstić information content (AvgIpc) is 2.33. The molecule has 0 atom stereocenters. The fraction of sp³-hybridized carbons (Fsp3) is 0.867. The van der Waals surface area contributed by atoms with Crippen molar-refractivity contribution in [2.24, 2.45) is 0 Å². The predicted octanol–water partition coefficient (Wildman–Crippen LogP) is 5.75. The van der Waals surface area contributed by atoms with E-state index in [0.29, 0.717) is 6.61 Å². The first kappa shape index (κ1) is 18.2. The van der Waals surface area contributed by atoms with Crippen molar-refractivity contribution in [3.63, 3.8) is 0 Å². The first-order valence-electron chi connectivity index (χ1n) is 7.45. The van der Waals surface area contributed by atoms with E-state index in [2.05, 4.69) is 20.4 Å². The van der Waals surface area contributed by atoms with Crippen LogP contribution < -0.4 is 0 Å². The Hall–Kier alpha value is 0.207. The number of hydrogen-bond acceptors (Lipinski definition) is 1. The van der Waals surface area contributed by atoms with Gasteiger partial charge in [-0.3, -0.25) is 0 Å². The van der Waals surface area contributed by atoms with Gasteiger partial charge in [0, 0.05) is 6.61 Å². The zero-order chi connectivity index (χ0) is 13.9. The maximum absolute atomic E-state index is 6.90. The summed E-state index contributed by atoms with van der Waals surface area (Å²) >= 11 is 6.90. The Labute approximate surface area is 120 Å². The maximum atomic E-state index is 6.90. The minimum atomic E-state index is -1.50. The van der Waals surface area contributed by atoms with Crippen molar-refractivity contribution >= 4 is 18.5 Å². The Morgan fingerprint density at radius 1 is 1.06 bits per heavy atom. The number of halogens is 1. The molecular formula is C15H31ClOSi. The summed E-state index contributed by atoms with van der Waals surface area (Å²) < 4.78 is 5.56. The maximum Gasteiger partial charge on any atom is 0.156 e. The normalized spacial score (nSPS) is 11.8. The molecule has 0 N–H and O–H groups in total. The van der Waals surface area contributed by atoms with Gasteiger partial charge in [0.2, 0.25) is 0 Å². The highest BCUT2D eigenvalue weighted by Gasteiger charge is 2.28. The number of rotatable bonds is 12. The van der Waals surface area contributed by atoms with Crippen molar-refractivity contribution in [2.45, 2.75) is 71.0 Å². The zero-order valence-electron chi connectivity index (χ0n) is 12.6. The molecule has 0 saturated carbocycles. The van der Waals surface area contributed by atoms with Crippen molar-refractivity contribution in [1.29, 1.82) is 0 Å². The van der Waals surface area contributed by atoms with Gasteiger partial charge in [-0.1, -0.05) is 51.7 Å². The molecule has 0 spiro atoms. The van der Waals surface area contributed by atoms with Gasteiger partial charge in [-0.15, -0.1) is 0 Å². The Balaban J connectivity index is 3.87. The van der Waals surface area contributed by atoms with Crippen LogP contribution in [0.15, 0.2) is 12.2 Å².